The Kier molecular flexibility index (Phi) is 1.87. The van der Waals surface area contributed by atoms with Gasteiger partial charge in [-0.25, -0.2) is 0 Å². The zero-order valence-corrected chi connectivity index (χ0v) is 7.96. The number of nitrogens with zero attached hydrogens (tertiary/aromatic N) is 1. The summed E-state index contributed by atoms with van der Waals surface area (Å²) in [4.78, 5) is 15.7. The average Bonchev–Trinajstić information content (AvgIpc) is 2.60. The molecule has 4 nitrogen and oxygen atoms in total. The van der Waals surface area contributed by atoms with E-state index in [-0.39, 0.29) is 12.0 Å². The summed E-state index contributed by atoms with van der Waals surface area (Å²) in [5, 5.41) is 2.77. The Balaban J connectivity index is 2.13. The molecule has 0 aliphatic carbocycles. The Morgan fingerprint density at radius 2 is 2.38 bits per heavy atom. The Bertz CT molecular complexity index is 265. The predicted molar refractivity (Wildman–Crippen MR) is 48.6 cm³/mol. The van der Waals surface area contributed by atoms with Crippen LogP contribution in [0.3, 0.4) is 0 Å². The van der Waals surface area contributed by atoms with E-state index in [2.05, 4.69) is 10.3 Å². The van der Waals surface area contributed by atoms with E-state index in [9.17, 15) is 4.79 Å². The molecule has 2 aliphatic heterocycles. The summed E-state index contributed by atoms with van der Waals surface area (Å²) in [5.41, 5.74) is -0.610. The molecule has 2 heterocycles. The zero-order valence-electron chi connectivity index (χ0n) is 7.96. The van der Waals surface area contributed by atoms with Gasteiger partial charge in [-0.1, -0.05) is 0 Å². The Labute approximate surface area is 77.4 Å². The number of hydrogen-bond acceptors (Lipinski definition) is 3. The molecule has 72 valence electrons. The van der Waals surface area contributed by atoms with Gasteiger partial charge in [0.25, 0.3) is 5.91 Å². The third-order valence-corrected chi connectivity index (χ3v) is 2.43. The SMILES string of the molecule is CC1(C)N=C(C2CCCO2)NC1=O. The first-order valence-corrected chi connectivity index (χ1v) is 4.62. The maximum atomic E-state index is 11.4. The lowest BCUT2D eigenvalue weighted by molar-refractivity contribution is -0.122. The molecule has 0 aromatic rings. The second-order valence-corrected chi connectivity index (χ2v) is 4.01. The summed E-state index contributed by atoms with van der Waals surface area (Å²) in [6, 6.07) is 0. The molecule has 1 atom stereocenters. The predicted octanol–water partition coefficient (Wildman–Crippen LogP) is 0.472. The van der Waals surface area contributed by atoms with Gasteiger partial charge in [-0.05, 0) is 26.7 Å². The van der Waals surface area contributed by atoms with Crippen LogP contribution in [0.5, 0.6) is 0 Å². The number of hydrogen-bond donors (Lipinski definition) is 1. The smallest absolute Gasteiger partial charge is 0.252 e. The van der Waals surface area contributed by atoms with Crippen LogP contribution in [-0.2, 0) is 9.53 Å². The van der Waals surface area contributed by atoms with E-state index < -0.39 is 5.54 Å². The van der Waals surface area contributed by atoms with E-state index in [1.54, 1.807) is 0 Å². The van der Waals surface area contributed by atoms with Crippen molar-refractivity contribution in [2.75, 3.05) is 6.61 Å². The van der Waals surface area contributed by atoms with Gasteiger partial charge >= 0.3 is 0 Å². The minimum atomic E-state index is -0.610. The minimum absolute atomic E-state index is 0.0192. The average molecular weight is 182 g/mol. The fourth-order valence-corrected chi connectivity index (χ4v) is 1.59. The highest BCUT2D eigenvalue weighted by molar-refractivity contribution is 6.09. The summed E-state index contributed by atoms with van der Waals surface area (Å²) >= 11 is 0. The molecular weight excluding hydrogens is 168 g/mol. The van der Waals surface area contributed by atoms with Gasteiger partial charge in [0.1, 0.15) is 17.5 Å². The van der Waals surface area contributed by atoms with Crippen molar-refractivity contribution in [1.82, 2.24) is 5.32 Å². The summed E-state index contributed by atoms with van der Waals surface area (Å²) in [7, 11) is 0. The number of amidine groups is 1. The normalized spacial score (nSPS) is 31.7. The Hall–Kier alpha value is -0.900. The summed E-state index contributed by atoms with van der Waals surface area (Å²) in [5.74, 6) is 0.686. The monoisotopic (exact) mass is 182 g/mol. The zero-order chi connectivity index (χ0) is 9.47. The van der Waals surface area contributed by atoms with Crippen LogP contribution in [0.25, 0.3) is 0 Å². The van der Waals surface area contributed by atoms with Crippen LogP contribution in [0, 0.1) is 0 Å². The molecule has 0 bridgehead atoms. The molecule has 4 heteroatoms. The number of aliphatic imine (C=N–C) groups is 1. The number of ether oxygens (including phenoxy) is 1. The number of carbonyl (C=O) groups is 1. The molecule has 0 aromatic heterocycles. The van der Waals surface area contributed by atoms with Gasteiger partial charge in [0, 0.05) is 6.61 Å². The molecule has 1 fully saturated rings. The molecule has 1 amide bonds. The van der Waals surface area contributed by atoms with Crippen molar-refractivity contribution >= 4 is 11.7 Å². The van der Waals surface area contributed by atoms with E-state index in [0.717, 1.165) is 19.4 Å². The third-order valence-electron chi connectivity index (χ3n) is 2.43. The molecule has 13 heavy (non-hydrogen) atoms. The fourth-order valence-electron chi connectivity index (χ4n) is 1.59. The Morgan fingerprint density at radius 3 is 2.85 bits per heavy atom. The summed E-state index contributed by atoms with van der Waals surface area (Å²) in [6.45, 7) is 4.40. The molecule has 2 rings (SSSR count). The van der Waals surface area contributed by atoms with Crippen LogP contribution >= 0.6 is 0 Å². The lowest BCUT2D eigenvalue weighted by atomic mass is 10.1. The van der Waals surface area contributed by atoms with Crippen molar-refractivity contribution in [1.29, 1.82) is 0 Å². The number of rotatable bonds is 1. The van der Waals surface area contributed by atoms with Crippen molar-refractivity contribution in [3.05, 3.63) is 0 Å². The molecule has 1 unspecified atom stereocenters. The topological polar surface area (TPSA) is 50.7 Å². The quantitative estimate of drug-likeness (QED) is 0.641. The third kappa shape index (κ3) is 1.46. The van der Waals surface area contributed by atoms with Crippen molar-refractivity contribution in [3.8, 4) is 0 Å². The first-order chi connectivity index (χ1) is 6.09. The Morgan fingerprint density at radius 1 is 1.62 bits per heavy atom. The highest BCUT2D eigenvalue weighted by Gasteiger charge is 2.37. The standard InChI is InChI=1S/C9H14N2O2/c1-9(2)8(12)10-7(11-9)6-4-3-5-13-6/h6H,3-5H2,1-2H3,(H,10,11,12). The molecule has 1 saturated heterocycles. The van der Waals surface area contributed by atoms with Gasteiger partial charge in [-0.15, -0.1) is 0 Å². The lowest BCUT2D eigenvalue weighted by Crippen LogP contribution is -2.37. The first kappa shape index (κ1) is 8.69. The lowest BCUT2D eigenvalue weighted by Gasteiger charge is -2.07. The molecule has 0 aromatic carbocycles. The van der Waals surface area contributed by atoms with Crippen molar-refractivity contribution in [3.63, 3.8) is 0 Å². The maximum absolute atomic E-state index is 11.4. The van der Waals surface area contributed by atoms with E-state index in [1.807, 2.05) is 13.8 Å². The highest BCUT2D eigenvalue weighted by atomic mass is 16.5. The van der Waals surface area contributed by atoms with Crippen molar-refractivity contribution < 1.29 is 9.53 Å². The fraction of sp³-hybridized carbons (Fsp3) is 0.778. The van der Waals surface area contributed by atoms with Crippen LogP contribution < -0.4 is 5.32 Å². The van der Waals surface area contributed by atoms with Gasteiger partial charge in [0.15, 0.2) is 0 Å². The van der Waals surface area contributed by atoms with E-state index in [0.29, 0.717) is 5.84 Å². The van der Waals surface area contributed by atoms with Gasteiger partial charge in [0.05, 0.1) is 0 Å². The van der Waals surface area contributed by atoms with Crippen molar-refractivity contribution in [2.24, 2.45) is 4.99 Å². The van der Waals surface area contributed by atoms with Crippen LogP contribution in [0.2, 0.25) is 0 Å². The van der Waals surface area contributed by atoms with Gasteiger partial charge in [0.2, 0.25) is 0 Å². The summed E-state index contributed by atoms with van der Waals surface area (Å²) < 4.78 is 5.43. The van der Waals surface area contributed by atoms with Gasteiger partial charge in [-0.2, -0.15) is 0 Å². The molecule has 1 N–H and O–H groups in total. The van der Waals surface area contributed by atoms with Crippen LogP contribution in [0.1, 0.15) is 26.7 Å². The van der Waals surface area contributed by atoms with Gasteiger partial charge < -0.3 is 10.1 Å². The molecular formula is C9H14N2O2. The number of carbonyl (C=O) groups excluding carboxylic acids is 1. The largest absolute Gasteiger partial charge is 0.370 e. The molecule has 0 spiro atoms. The minimum Gasteiger partial charge on any atom is -0.370 e. The van der Waals surface area contributed by atoms with Crippen LogP contribution in [0.15, 0.2) is 4.99 Å². The van der Waals surface area contributed by atoms with Crippen LogP contribution in [-0.4, -0.2) is 30.0 Å². The van der Waals surface area contributed by atoms with Gasteiger partial charge in [-0.3, -0.25) is 9.79 Å². The van der Waals surface area contributed by atoms with E-state index in [4.69, 9.17) is 4.74 Å². The van der Waals surface area contributed by atoms with Crippen LogP contribution in [0.4, 0.5) is 0 Å². The molecule has 0 radical (unpaired) electrons. The van der Waals surface area contributed by atoms with E-state index in [1.165, 1.54) is 0 Å². The molecule has 0 saturated carbocycles. The first-order valence-electron chi connectivity index (χ1n) is 4.62. The number of amides is 1. The second-order valence-electron chi connectivity index (χ2n) is 4.01. The highest BCUT2D eigenvalue weighted by Crippen LogP contribution is 2.20. The van der Waals surface area contributed by atoms with E-state index >= 15 is 0 Å². The second kappa shape index (κ2) is 2.80. The maximum Gasteiger partial charge on any atom is 0.252 e. The summed E-state index contributed by atoms with van der Waals surface area (Å²) in [6.07, 6.45) is 2.04. The van der Waals surface area contributed by atoms with Crippen molar-refractivity contribution in [2.45, 2.75) is 38.3 Å². The number of nitrogens with one attached hydrogen (secondary N) is 1. The molecule has 2 aliphatic rings.